The molecule has 0 radical (unpaired) electrons. The predicted molar refractivity (Wildman–Crippen MR) is 138 cm³/mol. The van der Waals surface area contributed by atoms with Crippen molar-refractivity contribution in [2.75, 3.05) is 26.3 Å². The molecular weight excluding hydrogens is 520 g/mol. The van der Waals surface area contributed by atoms with E-state index in [2.05, 4.69) is 4.99 Å². The molecule has 1 aliphatic rings. The lowest BCUT2D eigenvalue weighted by atomic mass is 10.2. The molecule has 0 aliphatic carbocycles. The molecule has 37 heavy (non-hydrogen) atoms. The zero-order chi connectivity index (χ0) is 26.7. The van der Waals surface area contributed by atoms with Crippen molar-refractivity contribution in [3.63, 3.8) is 0 Å². The van der Waals surface area contributed by atoms with Crippen LogP contribution in [0, 0.1) is 10.1 Å². The van der Waals surface area contributed by atoms with E-state index in [4.69, 9.17) is 9.47 Å². The second-order valence-electron chi connectivity index (χ2n) is 8.66. The number of ether oxygens (including phenoxy) is 2. The molecule has 1 aliphatic heterocycles. The van der Waals surface area contributed by atoms with Crippen LogP contribution in [0.15, 0.2) is 52.4 Å². The van der Waals surface area contributed by atoms with Crippen molar-refractivity contribution in [2.45, 2.75) is 44.4 Å². The summed E-state index contributed by atoms with van der Waals surface area (Å²) in [6.45, 7) is 7.24. The number of nitrogens with zero attached hydrogens (tertiary/aromatic N) is 4. The number of aromatic nitrogens is 1. The van der Waals surface area contributed by atoms with Gasteiger partial charge in [0, 0.05) is 43.9 Å². The first kappa shape index (κ1) is 27.1. The highest BCUT2D eigenvalue weighted by molar-refractivity contribution is 7.89. The Balaban J connectivity index is 1.64. The summed E-state index contributed by atoms with van der Waals surface area (Å²) in [4.78, 5) is 28.5. The average molecular weight is 549 g/mol. The quantitative estimate of drug-likeness (QED) is 0.240. The molecule has 0 N–H and O–H groups in total. The van der Waals surface area contributed by atoms with Gasteiger partial charge in [-0.15, -0.1) is 0 Å². The fourth-order valence-electron chi connectivity index (χ4n) is 4.17. The molecule has 0 spiro atoms. The predicted octanol–water partition coefficient (Wildman–Crippen LogP) is 3.19. The Hall–Kier alpha value is -2.97. The highest BCUT2D eigenvalue weighted by Crippen LogP contribution is 2.24. The summed E-state index contributed by atoms with van der Waals surface area (Å²) in [6.07, 6.45) is -0.425. The van der Waals surface area contributed by atoms with Crippen molar-refractivity contribution in [3.8, 4) is 0 Å². The minimum atomic E-state index is -3.74. The lowest BCUT2D eigenvalue weighted by Gasteiger charge is -2.34. The number of carbonyl (C=O) groups is 1. The fraction of sp³-hybridized carbons (Fsp3) is 0.417. The number of hydrogen-bond acceptors (Lipinski definition) is 8. The van der Waals surface area contributed by atoms with Crippen LogP contribution in [0.3, 0.4) is 0 Å². The van der Waals surface area contributed by atoms with E-state index in [1.807, 2.05) is 20.8 Å². The van der Waals surface area contributed by atoms with Crippen molar-refractivity contribution in [1.29, 1.82) is 0 Å². The number of non-ortho nitro benzene ring substituents is 1. The third kappa shape index (κ3) is 5.96. The number of nitro groups is 1. The number of morpholine rings is 1. The van der Waals surface area contributed by atoms with E-state index in [1.165, 1.54) is 52.0 Å². The molecule has 0 saturated carbocycles. The Labute approximate surface area is 218 Å². The summed E-state index contributed by atoms with van der Waals surface area (Å²) in [5.74, 6) is -0.552. The van der Waals surface area contributed by atoms with Gasteiger partial charge in [-0.3, -0.25) is 14.9 Å². The zero-order valence-corrected chi connectivity index (χ0v) is 22.3. The average Bonchev–Trinajstić information content (AvgIpc) is 3.19. The molecule has 1 fully saturated rings. The van der Waals surface area contributed by atoms with E-state index in [-0.39, 0.29) is 41.4 Å². The Kier molecular flexibility index (Phi) is 8.19. The number of hydrogen-bond donors (Lipinski definition) is 0. The van der Waals surface area contributed by atoms with Crippen molar-refractivity contribution in [2.24, 2.45) is 4.99 Å². The van der Waals surface area contributed by atoms with E-state index in [0.717, 1.165) is 4.70 Å². The van der Waals surface area contributed by atoms with Crippen LogP contribution < -0.4 is 4.80 Å². The topological polar surface area (TPSA) is 133 Å². The number of nitro benzene ring substituents is 1. The van der Waals surface area contributed by atoms with E-state index in [9.17, 15) is 23.3 Å². The first-order valence-electron chi connectivity index (χ1n) is 11.8. The van der Waals surface area contributed by atoms with Gasteiger partial charge in [0.25, 0.3) is 11.6 Å². The number of benzene rings is 2. The second kappa shape index (κ2) is 11.2. The molecule has 11 nitrogen and oxygen atoms in total. The standard InChI is InChI=1S/C24H28N4O7S2/c1-4-34-12-11-27-21-13-19(28(30)31)7-10-22(21)36-24(27)25-23(29)18-5-8-20(9-6-18)37(32,33)26-14-16(2)35-17(3)15-26/h5-10,13,16-17H,4,11-12,14-15H2,1-3H3. The molecule has 3 aromatic rings. The van der Waals surface area contributed by atoms with Gasteiger partial charge in [-0.2, -0.15) is 9.30 Å². The molecular formula is C24H28N4O7S2. The van der Waals surface area contributed by atoms with Crippen molar-refractivity contribution in [1.82, 2.24) is 8.87 Å². The van der Waals surface area contributed by atoms with Crippen LogP contribution in [-0.2, 0) is 26.0 Å². The number of carbonyl (C=O) groups excluding carboxylic acids is 1. The maximum atomic E-state index is 13.1. The number of fused-ring (bicyclic) bond motifs is 1. The molecule has 1 aromatic heterocycles. The normalized spacial score (nSPS) is 19.4. The molecule has 0 bridgehead atoms. The van der Waals surface area contributed by atoms with Crippen molar-refractivity contribution >= 4 is 43.2 Å². The van der Waals surface area contributed by atoms with Gasteiger partial charge < -0.3 is 14.0 Å². The summed E-state index contributed by atoms with van der Waals surface area (Å²) in [5.41, 5.74) is 0.748. The molecule has 1 amide bonds. The van der Waals surface area contributed by atoms with E-state index in [1.54, 1.807) is 10.6 Å². The summed E-state index contributed by atoms with van der Waals surface area (Å²) in [5, 5.41) is 11.3. The number of amides is 1. The van der Waals surface area contributed by atoms with Crippen molar-refractivity contribution in [3.05, 3.63) is 62.9 Å². The summed E-state index contributed by atoms with van der Waals surface area (Å²) >= 11 is 1.23. The van der Waals surface area contributed by atoms with Crippen LogP contribution in [0.1, 0.15) is 31.1 Å². The first-order chi connectivity index (χ1) is 17.6. The van der Waals surface area contributed by atoms with Gasteiger partial charge in [0.15, 0.2) is 4.80 Å². The molecule has 4 rings (SSSR count). The first-order valence-corrected chi connectivity index (χ1v) is 14.1. The van der Waals surface area contributed by atoms with Gasteiger partial charge in [0.05, 0.1) is 38.9 Å². The maximum absolute atomic E-state index is 13.1. The lowest BCUT2D eigenvalue weighted by Crippen LogP contribution is -2.48. The SMILES string of the molecule is CCOCCn1c(=NC(=O)c2ccc(S(=O)(=O)N3CC(C)OC(C)C3)cc2)sc2ccc([N+](=O)[O-])cc21. The van der Waals surface area contributed by atoms with E-state index < -0.39 is 20.9 Å². The van der Waals surface area contributed by atoms with Crippen LogP contribution in [0.25, 0.3) is 10.2 Å². The van der Waals surface area contributed by atoms with Gasteiger partial charge in [-0.05, 0) is 51.1 Å². The Morgan fingerprint density at radius 3 is 2.49 bits per heavy atom. The third-order valence-electron chi connectivity index (χ3n) is 5.86. The molecule has 2 unspecified atom stereocenters. The summed E-state index contributed by atoms with van der Waals surface area (Å²) < 4.78 is 41.1. The van der Waals surface area contributed by atoms with Gasteiger partial charge in [-0.25, -0.2) is 8.42 Å². The lowest BCUT2D eigenvalue weighted by molar-refractivity contribution is -0.384. The van der Waals surface area contributed by atoms with Gasteiger partial charge >= 0.3 is 0 Å². The van der Waals surface area contributed by atoms with E-state index >= 15 is 0 Å². The molecule has 2 aromatic carbocycles. The molecule has 2 heterocycles. The highest BCUT2D eigenvalue weighted by atomic mass is 32.2. The maximum Gasteiger partial charge on any atom is 0.279 e. The van der Waals surface area contributed by atoms with Gasteiger partial charge in [-0.1, -0.05) is 11.3 Å². The summed E-state index contributed by atoms with van der Waals surface area (Å²) in [6, 6.07) is 10.2. The molecule has 13 heteroatoms. The largest absolute Gasteiger partial charge is 0.380 e. The Bertz CT molecular complexity index is 1470. The van der Waals surface area contributed by atoms with Gasteiger partial charge in [0.2, 0.25) is 10.0 Å². The number of sulfonamides is 1. The van der Waals surface area contributed by atoms with Crippen LogP contribution in [0.5, 0.6) is 0 Å². The molecule has 198 valence electrons. The Morgan fingerprint density at radius 2 is 1.86 bits per heavy atom. The van der Waals surface area contributed by atoms with Crippen LogP contribution in [0.4, 0.5) is 5.69 Å². The second-order valence-corrected chi connectivity index (χ2v) is 11.6. The third-order valence-corrected chi connectivity index (χ3v) is 8.77. The number of rotatable bonds is 8. The fourth-order valence-corrected chi connectivity index (χ4v) is 6.79. The minimum absolute atomic E-state index is 0.0609. The van der Waals surface area contributed by atoms with Crippen LogP contribution in [-0.4, -0.2) is 66.6 Å². The molecule has 2 atom stereocenters. The number of thiazole rings is 1. The highest BCUT2D eigenvalue weighted by Gasteiger charge is 2.32. The minimum Gasteiger partial charge on any atom is -0.380 e. The van der Waals surface area contributed by atoms with Crippen LogP contribution in [0.2, 0.25) is 0 Å². The van der Waals surface area contributed by atoms with Crippen LogP contribution >= 0.6 is 11.3 Å². The smallest absolute Gasteiger partial charge is 0.279 e. The summed E-state index contributed by atoms with van der Waals surface area (Å²) in [7, 11) is -3.74. The zero-order valence-electron chi connectivity index (χ0n) is 20.7. The van der Waals surface area contributed by atoms with Gasteiger partial charge in [0.1, 0.15) is 0 Å². The Morgan fingerprint density at radius 1 is 1.19 bits per heavy atom. The monoisotopic (exact) mass is 548 g/mol. The molecule has 1 saturated heterocycles. The van der Waals surface area contributed by atoms with E-state index in [0.29, 0.717) is 30.1 Å². The van der Waals surface area contributed by atoms with Crippen molar-refractivity contribution < 1.29 is 27.6 Å².